The first-order valence-corrected chi connectivity index (χ1v) is 5.23. The fourth-order valence-corrected chi connectivity index (χ4v) is 1.43. The number of alkyl halides is 2. The largest absolute Gasteiger partial charge is 0.386 e. The fourth-order valence-electron chi connectivity index (χ4n) is 1.43. The average Bonchev–Trinajstić information content (AvgIpc) is 2.22. The number of nitrogens with one attached hydrogen (secondary N) is 1. The summed E-state index contributed by atoms with van der Waals surface area (Å²) in [6.45, 7) is 4.36. The molecule has 0 bridgehead atoms. The van der Waals surface area contributed by atoms with Crippen LogP contribution in [0.5, 0.6) is 0 Å². The van der Waals surface area contributed by atoms with Crippen molar-refractivity contribution in [2.45, 2.75) is 32.9 Å². The normalized spacial score (nSPS) is 13.1. The van der Waals surface area contributed by atoms with Crippen molar-refractivity contribution in [1.29, 1.82) is 0 Å². The average molecular weight is 229 g/mol. The highest BCUT2D eigenvalue weighted by Gasteiger charge is 2.15. The van der Waals surface area contributed by atoms with Crippen molar-refractivity contribution < 1.29 is 13.9 Å². The van der Waals surface area contributed by atoms with Crippen LogP contribution in [0.15, 0.2) is 18.2 Å². The molecule has 1 aromatic carbocycles. The second-order valence-corrected chi connectivity index (χ2v) is 3.96. The maximum atomic E-state index is 12.0. The summed E-state index contributed by atoms with van der Waals surface area (Å²) >= 11 is 0. The molecule has 0 saturated heterocycles. The lowest BCUT2D eigenvalue weighted by Crippen LogP contribution is -2.31. The Labute approximate surface area is 94.3 Å². The Balaban J connectivity index is 2.45. The third kappa shape index (κ3) is 3.87. The van der Waals surface area contributed by atoms with E-state index in [0.29, 0.717) is 6.54 Å². The van der Waals surface area contributed by atoms with Gasteiger partial charge >= 0.3 is 0 Å². The lowest BCUT2D eigenvalue weighted by Gasteiger charge is -2.12. The summed E-state index contributed by atoms with van der Waals surface area (Å²) < 4.78 is 24.0. The first-order valence-electron chi connectivity index (χ1n) is 5.23. The number of halogens is 2. The Bertz CT molecular complexity index is 342. The van der Waals surface area contributed by atoms with Crippen LogP contribution < -0.4 is 5.32 Å². The van der Waals surface area contributed by atoms with Gasteiger partial charge in [-0.1, -0.05) is 23.8 Å². The van der Waals surface area contributed by atoms with Crippen molar-refractivity contribution in [3.63, 3.8) is 0 Å². The van der Waals surface area contributed by atoms with Crippen molar-refractivity contribution in [2.24, 2.45) is 0 Å². The molecule has 0 spiro atoms. The van der Waals surface area contributed by atoms with E-state index < -0.39 is 12.5 Å². The van der Waals surface area contributed by atoms with Crippen molar-refractivity contribution in [3.05, 3.63) is 34.9 Å². The maximum Gasteiger partial charge on any atom is 0.265 e. The van der Waals surface area contributed by atoms with Gasteiger partial charge in [0, 0.05) is 13.1 Å². The number of benzene rings is 1. The molecule has 4 heteroatoms. The first kappa shape index (κ1) is 13.1. The van der Waals surface area contributed by atoms with Crippen molar-refractivity contribution in [1.82, 2.24) is 5.32 Å². The third-order valence-electron chi connectivity index (χ3n) is 2.46. The van der Waals surface area contributed by atoms with Gasteiger partial charge in [-0.05, 0) is 25.0 Å². The van der Waals surface area contributed by atoms with Gasteiger partial charge in [-0.2, -0.15) is 0 Å². The van der Waals surface area contributed by atoms with E-state index in [9.17, 15) is 8.78 Å². The molecule has 0 amide bonds. The van der Waals surface area contributed by atoms with E-state index in [1.165, 1.54) is 0 Å². The van der Waals surface area contributed by atoms with Crippen LogP contribution in [0.4, 0.5) is 8.78 Å². The molecule has 1 rings (SSSR count). The van der Waals surface area contributed by atoms with E-state index >= 15 is 0 Å². The highest BCUT2D eigenvalue weighted by Crippen LogP contribution is 2.10. The summed E-state index contributed by atoms with van der Waals surface area (Å²) in [7, 11) is 0. The summed E-state index contributed by atoms with van der Waals surface area (Å²) in [5, 5.41) is 11.7. The molecule has 2 N–H and O–H groups in total. The molecule has 0 aliphatic carbocycles. The van der Waals surface area contributed by atoms with Gasteiger partial charge < -0.3 is 10.4 Å². The van der Waals surface area contributed by atoms with Crippen LogP contribution in [0.2, 0.25) is 0 Å². The molecule has 0 heterocycles. The highest BCUT2D eigenvalue weighted by atomic mass is 19.3. The molecular weight excluding hydrogens is 212 g/mol. The van der Waals surface area contributed by atoms with E-state index in [1.54, 1.807) is 0 Å². The zero-order chi connectivity index (χ0) is 12.1. The van der Waals surface area contributed by atoms with Gasteiger partial charge in [0.1, 0.15) is 6.10 Å². The van der Waals surface area contributed by atoms with Crippen LogP contribution in [0.1, 0.15) is 16.7 Å². The van der Waals surface area contributed by atoms with Crippen LogP contribution in [-0.4, -0.2) is 24.2 Å². The van der Waals surface area contributed by atoms with Crippen molar-refractivity contribution in [3.8, 4) is 0 Å². The monoisotopic (exact) mass is 229 g/mol. The Kier molecular flexibility index (Phi) is 4.83. The summed E-state index contributed by atoms with van der Waals surface area (Å²) in [6.07, 6.45) is -4.28. The summed E-state index contributed by atoms with van der Waals surface area (Å²) in [6, 6.07) is 6.01. The molecule has 0 radical (unpaired) electrons. The molecule has 0 aromatic heterocycles. The van der Waals surface area contributed by atoms with Gasteiger partial charge in [0.2, 0.25) is 0 Å². The number of rotatable bonds is 5. The minimum atomic E-state index is -2.69. The topological polar surface area (TPSA) is 32.3 Å². The standard InChI is InChI=1S/C12H17F2NO/c1-8-3-4-9(2)10(5-8)6-15-7-11(16)12(13)14/h3-5,11-12,15-16H,6-7H2,1-2H3. The summed E-state index contributed by atoms with van der Waals surface area (Å²) in [5.41, 5.74) is 3.32. The number of aryl methyl sites for hydroxylation is 2. The smallest absolute Gasteiger partial charge is 0.265 e. The zero-order valence-electron chi connectivity index (χ0n) is 9.50. The van der Waals surface area contributed by atoms with E-state index in [-0.39, 0.29) is 6.54 Å². The van der Waals surface area contributed by atoms with Crippen LogP contribution in [0.3, 0.4) is 0 Å². The quantitative estimate of drug-likeness (QED) is 0.809. The Morgan fingerprint density at radius 3 is 2.62 bits per heavy atom. The van der Waals surface area contributed by atoms with Crippen LogP contribution >= 0.6 is 0 Å². The molecule has 0 aliphatic heterocycles. The minimum absolute atomic E-state index is 0.0922. The van der Waals surface area contributed by atoms with Gasteiger partial charge in [-0.25, -0.2) is 8.78 Å². The van der Waals surface area contributed by atoms with Gasteiger partial charge in [0.15, 0.2) is 0 Å². The van der Waals surface area contributed by atoms with E-state index in [1.807, 2.05) is 32.0 Å². The summed E-state index contributed by atoms with van der Waals surface area (Å²) in [5.74, 6) is 0. The molecular formula is C12H17F2NO. The lowest BCUT2D eigenvalue weighted by atomic mass is 10.1. The van der Waals surface area contributed by atoms with Crippen LogP contribution in [-0.2, 0) is 6.54 Å². The summed E-state index contributed by atoms with van der Waals surface area (Å²) in [4.78, 5) is 0. The molecule has 1 unspecified atom stereocenters. The molecule has 0 saturated carbocycles. The van der Waals surface area contributed by atoms with Crippen LogP contribution in [0.25, 0.3) is 0 Å². The molecule has 0 fully saturated rings. The molecule has 2 nitrogen and oxygen atoms in total. The second kappa shape index (κ2) is 5.92. The van der Waals surface area contributed by atoms with E-state index in [2.05, 4.69) is 5.32 Å². The van der Waals surface area contributed by atoms with Gasteiger partial charge in [-0.15, -0.1) is 0 Å². The van der Waals surface area contributed by atoms with Crippen LogP contribution in [0, 0.1) is 13.8 Å². The number of hydrogen-bond donors (Lipinski definition) is 2. The number of aliphatic hydroxyl groups excluding tert-OH is 1. The number of aliphatic hydroxyl groups is 1. The van der Waals surface area contributed by atoms with Crippen molar-refractivity contribution >= 4 is 0 Å². The Morgan fingerprint density at radius 2 is 2.00 bits per heavy atom. The van der Waals surface area contributed by atoms with Gasteiger partial charge in [0.05, 0.1) is 0 Å². The zero-order valence-corrected chi connectivity index (χ0v) is 9.50. The molecule has 90 valence electrons. The molecule has 1 aromatic rings. The van der Waals surface area contributed by atoms with E-state index in [4.69, 9.17) is 5.11 Å². The predicted octanol–water partition coefficient (Wildman–Crippen LogP) is 2.02. The third-order valence-corrected chi connectivity index (χ3v) is 2.46. The van der Waals surface area contributed by atoms with Gasteiger partial charge in [-0.3, -0.25) is 0 Å². The second-order valence-electron chi connectivity index (χ2n) is 3.96. The molecule has 0 aliphatic rings. The molecule has 1 atom stereocenters. The first-order chi connectivity index (χ1) is 7.50. The van der Waals surface area contributed by atoms with Gasteiger partial charge in [0.25, 0.3) is 6.43 Å². The van der Waals surface area contributed by atoms with Crippen molar-refractivity contribution in [2.75, 3.05) is 6.54 Å². The molecule has 16 heavy (non-hydrogen) atoms. The predicted molar refractivity (Wildman–Crippen MR) is 59.6 cm³/mol. The SMILES string of the molecule is Cc1ccc(C)c(CNCC(O)C(F)F)c1. The maximum absolute atomic E-state index is 12.0. The fraction of sp³-hybridized carbons (Fsp3) is 0.500. The van der Waals surface area contributed by atoms with E-state index in [0.717, 1.165) is 16.7 Å². The lowest BCUT2D eigenvalue weighted by molar-refractivity contribution is -0.00341. The number of hydrogen-bond acceptors (Lipinski definition) is 2. The minimum Gasteiger partial charge on any atom is -0.386 e. The highest BCUT2D eigenvalue weighted by molar-refractivity contribution is 5.30. The Hall–Kier alpha value is -1.00. The Morgan fingerprint density at radius 1 is 1.31 bits per heavy atom.